The summed E-state index contributed by atoms with van der Waals surface area (Å²) in [4.78, 5) is 13.7. The Morgan fingerprint density at radius 2 is 1.93 bits per heavy atom. The Hall–Kier alpha value is -0.571. The summed E-state index contributed by atoms with van der Waals surface area (Å²) in [7, 11) is 3.90. The molecule has 0 saturated heterocycles. The second-order valence-electron chi connectivity index (χ2n) is 3.24. The van der Waals surface area contributed by atoms with Gasteiger partial charge in [-0.05, 0) is 0 Å². The molecule has 15 heavy (non-hydrogen) atoms. The zero-order valence-electron chi connectivity index (χ0n) is 8.77. The third-order valence-corrected chi connectivity index (χ3v) is 4.31. The predicted molar refractivity (Wildman–Crippen MR) is 67.7 cm³/mol. The van der Waals surface area contributed by atoms with E-state index in [9.17, 15) is 4.79 Å². The fraction of sp³-hybridized carbons (Fsp3) is 0.273. The first kappa shape index (κ1) is 12.5. The van der Waals surface area contributed by atoms with Crippen LogP contribution in [0.1, 0.15) is 10.4 Å². The van der Waals surface area contributed by atoms with Gasteiger partial charge in [0.2, 0.25) is 0 Å². The van der Waals surface area contributed by atoms with Crippen LogP contribution in [-0.2, 0) is 0 Å². The van der Waals surface area contributed by atoms with E-state index in [1.54, 1.807) is 0 Å². The molecule has 0 aliphatic rings. The van der Waals surface area contributed by atoms with E-state index >= 15 is 0 Å². The molecule has 0 atom stereocenters. The summed E-state index contributed by atoms with van der Waals surface area (Å²) in [6.45, 7) is 0. The number of benzene rings is 1. The van der Waals surface area contributed by atoms with Gasteiger partial charge >= 0.3 is 102 Å². The van der Waals surface area contributed by atoms with Crippen molar-refractivity contribution in [2.45, 2.75) is 0 Å². The third kappa shape index (κ3) is 4.20. The van der Waals surface area contributed by atoms with E-state index in [2.05, 4.69) is 15.6 Å². The molecule has 0 heterocycles. The Kier molecular flexibility index (Phi) is 5.09. The summed E-state index contributed by atoms with van der Waals surface area (Å²) in [6.07, 6.45) is 0. The molecule has 1 rings (SSSR count). The van der Waals surface area contributed by atoms with Gasteiger partial charge in [0.15, 0.2) is 0 Å². The summed E-state index contributed by atoms with van der Waals surface area (Å²) >= 11 is 4.46. The van der Waals surface area contributed by atoms with E-state index in [4.69, 9.17) is 0 Å². The number of ketones is 1. The fourth-order valence-corrected chi connectivity index (χ4v) is 2.01. The minimum atomic E-state index is 0.162. The molecule has 0 saturated carbocycles. The number of Topliss-reactive ketones (excluding diaryl/α,β-unsaturated/α-hetero) is 1. The van der Waals surface area contributed by atoms with E-state index in [1.807, 2.05) is 49.3 Å². The van der Waals surface area contributed by atoms with Crippen molar-refractivity contribution in [1.29, 1.82) is 0 Å². The van der Waals surface area contributed by atoms with E-state index in [0.29, 0.717) is 5.75 Å². The van der Waals surface area contributed by atoms with Crippen molar-refractivity contribution in [1.82, 2.24) is 4.90 Å². The molecule has 0 aromatic heterocycles. The summed E-state index contributed by atoms with van der Waals surface area (Å²) in [5.74, 6) is 0.639. The zero-order chi connectivity index (χ0) is 11.3. The molecule has 1 aromatic carbocycles. The fourth-order valence-electron chi connectivity index (χ4n) is 0.964. The number of thioether (sulfide) groups is 1. The molecule has 0 bridgehead atoms. The molecule has 4 heteroatoms. The molecule has 0 N–H and O–H groups in total. The van der Waals surface area contributed by atoms with Crippen molar-refractivity contribution in [3.8, 4) is 0 Å². The van der Waals surface area contributed by atoms with E-state index in [1.165, 1.54) is 11.8 Å². The van der Waals surface area contributed by atoms with E-state index in [-0.39, 0.29) is 5.78 Å². The van der Waals surface area contributed by atoms with Crippen molar-refractivity contribution in [3.05, 3.63) is 35.9 Å². The molecular formula is C11H13NOSSe. The van der Waals surface area contributed by atoms with Gasteiger partial charge in [0.05, 0.1) is 0 Å². The molecule has 0 amide bonds. The first-order valence-electron chi connectivity index (χ1n) is 4.53. The molecule has 0 aliphatic heterocycles. The first-order chi connectivity index (χ1) is 7.11. The van der Waals surface area contributed by atoms with Crippen molar-refractivity contribution >= 4 is 37.0 Å². The van der Waals surface area contributed by atoms with Crippen LogP contribution < -0.4 is 0 Å². The average Bonchev–Trinajstić information content (AvgIpc) is 2.26. The predicted octanol–water partition coefficient (Wildman–Crippen LogP) is 1.42. The minimum absolute atomic E-state index is 0.162. The van der Waals surface area contributed by atoms with E-state index < -0.39 is 0 Å². The number of rotatable bonds is 5. The van der Waals surface area contributed by atoms with Gasteiger partial charge in [-0.2, -0.15) is 0 Å². The van der Waals surface area contributed by atoms with Gasteiger partial charge in [-0.15, -0.1) is 0 Å². The van der Waals surface area contributed by atoms with Crippen LogP contribution in [0.3, 0.4) is 0 Å². The third-order valence-electron chi connectivity index (χ3n) is 1.79. The maximum atomic E-state index is 11.7. The quantitative estimate of drug-likeness (QED) is 0.603. The summed E-state index contributed by atoms with van der Waals surface area (Å²) < 4.78 is 1.03. The maximum absolute atomic E-state index is 11.7. The van der Waals surface area contributed by atoms with Crippen LogP contribution in [0, 0.1) is 0 Å². The Balaban J connectivity index is 2.48. The van der Waals surface area contributed by atoms with Crippen molar-refractivity contribution < 1.29 is 4.79 Å². The topological polar surface area (TPSA) is 20.3 Å². The second kappa shape index (κ2) is 6.11. The molecule has 0 radical (unpaired) electrons. The molecular weight excluding hydrogens is 273 g/mol. The van der Waals surface area contributed by atoms with Gasteiger partial charge in [-0.1, -0.05) is 0 Å². The number of nitrogens with zero attached hydrogens (tertiary/aromatic N) is 1. The SMILES string of the molecule is CN(C)C(=[Se])SCC(=O)c1ccccc1. The van der Waals surface area contributed by atoms with Crippen LogP contribution in [0.15, 0.2) is 30.3 Å². The van der Waals surface area contributed by atoms with Crippen molar-refractivity contribution in [2.75, 3.05) is 19.8 Å². The molecule has 2 nitrogen and oxygen atoms in total. The van der Waals surface area contributed by atoms with Gasteiger partial charge in [-0.25, -0.2) is 0 Å². The molecule has 0 aliphatic carbocycles. The first-order valence-corrected chi connectivity index (χ1v) is 6.38. The van der Waals surface area contributed by atoms with Gasteiger partial charge in [0.25, 0.3) is 0 Å². The van der Waals surface area contributed by atoms with Gasteiger partial charge in [-0.3, -0.25) is 0 Å². The van der Waals surface area contributed by atoms with Crippen LogP contribution in [0.25, 0.3) is 0 Å². The average molecular weight is 286 g/mol. The Labute approximate surface area is 102 Å². The van der Waals surface area contributed by atoms with Gasteiger partial charge < -0.3 is 0 Å². The Morgan fingerprint density at radius 1 is 1.33 bits per heavy atom. The number of hydrogen-bond acceptors (Lipinski definition) is 3. The molecule has 80 valence electrons. The number of carbonyl (C=O) groups is 1. The van der Waals surface area contributed by atoms with Gasteiger partial charge in [0, 0.05) is 0 Å². The molecule has 0 fully saturated rings. The van der Waals surface area contributed by atoms with Crippen LogP contribution in [0.4, 0.5) is 0 Å². The monoisotopic (exact) mass is 287 g/mol. The van der Waals surface area contributed by atoms with Crippen LogP contribution in [-0.4, -0.2) is 50.0 Å². The Bertz CT molecular complexity index is 351. The number of hydrogen-bond donors (Lipinski definition) is 0. The van der Waals surface area contributed by atoms with Crippen molar-refractivity contribution in [3.63, 3.8) is 0 Å². The standard InChI is InChI=1S/C11H13NOSSe/c1-12(2)11(15)14-8-10(13)9-6-4-3-5-7-9/h3-7H,8H2,1-2H3. The molecule has 0 spiro atoms. The zero-order valence-corrected chi connectivity index (χ0v) is 11.3. The molecule has 1 aromatic rings. The number of carbonyl (C=O) groups excluding carboxylic acids is 1. The summed E-state index contributed by atoms with van der Waals surface area (Å²) in [5, 5.41) is 0. The molecule has 0 unspecified atom stereocenters. The van der Waals surface area contributed by atoms with Crippen LogP contribution >= 0.6 is 11.8 Å². The second-order valence-corrected chi connectivity index (χ2v) is 5.60. The van der Waals surface area contributed by atoms with Crippen molar-refractivity contribution in [2.24, 2.45) is 0 Å². The normalized spacial score (nSPS) is 9.73. The Morgan fingerprint density at radius 3 is 2.47 bits per heavy atom. The summed E-state index contributed by atoms with van der Waals surface area (Å²) in [5.41, 5.74) is 0.775. The van der Waals surface area contributed by atoms with Crippen LogP contribution in [0.2, 0.25) is 0 Å². The summed E-state index contributed by atoms with van der Waals surface area (Å²) in [6, 6.07) is 9.36. The van der Waals surface area contributed by atoms with E-state index in [0.717, 1.165) is 9.44 Å². The van der Waals surface area contributed by atoms with Crippen LogP contribution in [0.5, 0.6) is 0 Å². The van der Waals surface area contributed by atoms with Gasteiger partial charge in [0.1, 0.15) is 0 Å².